The zero-order chi connectivity index (χ0) is 13.9. The van der Waals surface area contributed by atoms with Crippen LogP contribution >= 0.6 is 0 Å². The molecular weight excluding hydrogens is 238 g/mol. The van der Waals surface area contributed by atoms with Crippen LogP contribution in [0.5, 0.6) is 0 Å². The van der Waals surface area contributed by atoms with E-state index in [2.05, 4.69) is 25.7 Å². The molecule has 1 aliphatic carbocycles. The Morgan fingerprint density at radius 3 is 2.21 bits per heavy atom. The Balaban J connectivity index is 2.13. The van der Waals surface area contributed by atoms with Gasteiger partial charge in [-0.15, -0.1) is 0 Å². The number of morpholine rings is 1. The first kappa shape index (κ1) is 14.8. The average molecular weight is 267 g/mol. The van der Waals surface area contributed by atoms with Crippen LogP contribution in [0.1, 0.15) is 59.3 Å². The predicted molar refractivity (Wildman–Crippen MR) is 77.0 cm³/mol. The quantitative estimate of drug-likeness (QED) is 0.768. The van der Waals surface area contributed by atoms with Crippen LogP contribution in [0.4, 0.5) is 0 Å². The number of carbonyl (C=O) groups excluding carboxylic acids is 1. The first-order valence-electron chi connectivity index (χ1n) is 7.80. The summed E-state index contributed by atoms with van der Waals surface area (Å²) >= 11 is 0. The summed E-state index contributed by atoms with van der Waals surface area (Å²) in [5, 5.41) is 0. The predicted octanol–water partition coefficient (Wildman–Crippen LogP) is 3.23. The van der Waals surface area contributed by atoms with Gasteiger partial charge in [-0.1, -0.05) is 40.0 Å². The molecule has 0 unspecified atom stereocenters. The van der Waals surface area contributed by atoms with Gasteiger partial charge in [-0.2, -0.15) is 0 Å². The van der Waals surface area contributed by atoms with Crippen LogP contribution in [-0.4, -0.2) is 37.1 Å². The zero-order valence-corrected chi connectivity index (χ0v) is 12.8. The van der Waals surface area contributed by atoms with Crippen LogP contribution in [0.2, 0.25) is 0 Å². The number of rotatable bonds is 2. The number of carbonyl (C=O) groups is 1. The van der Waals surface area contributed by atoms with Crippen LogP contribution in [0.15, 0.2) is 0 Å². The van der Waals surface area contributed by atoms with Crippen molar-refractivity contribution in [2.45, 2.75) is 59.3 Å². The largest absolute Gasteiger partial charge is 0.378 e. The number of hydrogen-bond acceptors (Lipinski definition) is 2. The molecule has 0 aromatic carbocycles. The normalized spacial score (nSPS) is 24.3. The highest BCUT2D eigenvalue weighted by molar-refractivity contribution is 5.83. The van der Waals surface area contributed by atoms with E-state index in [1.54, 1.807) is 0 Å². The van der Waals surface area contributed by atoms with E-state index in [9.17, 15) is 4.79 Å². The highest BCUT2D eigenvalue weighted by Gasteiger charge is 2.44. The Bertz CT molecular complexity index is 307. The zero-order valence-electron chi connectivity index (χ0n) is 12.8. The van der Waals surface area contributed by atoms with Crippen LogP contribution in [0.3, 0.4) is 0 Å². The van der Waals surface area contributed by atoms with E-state index in [0.29, 0.717) is 19.1 Å². The third-order valence-corrected chi connectivity index (χ3v) is 4.43. The summed E-state index contributed by atoms with van der Waals surface area (Å²) in [7, 11) is 0. The maximum absolute atomic E-state index is 13.0. The van der Waals surface area contributed by atoms with E-state index in [-0.39, 0.29) is 10.8 Å². The topological polar surface area (TPSA) is 29.5 Å². The van der Waals surface area contributed by atoms with Crippen LogP contribution in [0, 0.1) is 10.8 Å². The summed E-state index contributed by atoms with van der Waals surface area (Å²) in [5.74, 6) is 0.408. The summed E-state index contributed by atoms with van der Waals surface area (Å²) < 4.78 is 5.38. The standard InChI is InChI=1S/C16H29NO2/c1-15(2,3)13-16(7-5-4-6-8-16)14(18)17-9-11-19-12-10-17/h4-13H2,1-3H3. The fourth-order valence-corrected chi connectivity index (χ4v) is 3.81. The molecule has 1 saturated carbocycles. The molecule has 2 fully saturated rings. The van der Waals surface area contributed by atoms with Crippen molar-refractivity contribution < 1.29 is 9.53 Å². The van der Waals surface area contributed by atoms with E-state index < -0.39 is 0 Å². The monoisotopic (exact) mass is 267 g/mol. The second kappa shape index (κ2) is 5.82. The molecule has 0 aromatic heterocycles. The van der Waals surface area contributed by atoms with Crippen LogP contribution in [-0.2, 0) is 9.53 Å². The van der Waals surface area contributed by atoms with Gasteiger partial charge in [-0.05, 0) is 24.7 Å². The van der Waals surface area contributed by atoms with Crippen LogP contribution in [0.25, 0.3) is 0 Å². The molecule has 0 N–H and O–H groups in total. The summed E-state index contributed by atoms with van der Waals surface area (Å²) in [5.41, 5.74) is 0.132. The third-order valence-electron chi connectivity index (χ3n) is 4.43. The maximum Gasteiger partial charge on any atom is 0.228 e. The highest BCUT2D eigenvalue weighted by atomic mass is 16.5. The minimum atomic E-state index is -0.0894. The van der Waals surface area contributed by atoms with Gasteiger partial charge < -0.3 is 9.64 Å². The number of amides is 1. The number of hydrogen-bond donors (Lipinski definition) is 0. The maximum atomic E-state index is 13.0. The van der Waals surface area contributed by atoms with Gasteiger partial charge >= 0.3 is 0 Å². The van der Waals surface area contributed by atoms with E-state index in [1.165, 1.54) is 19.3 Å². The number of ether oxygens (including phenoxy) is 1. The Kier molecular flexibility index (Phi) is 4.54. The molecule has 0 atom stereocenters. The van der Waals surface area contributed by atoms with Gasteiger partial charge in [0.2, 0.25) is 5.91 Å². The molecule has 0 bridgehead atoms. The van der Waals surface area contributed by atoms with E-state index in [1.807, 2.05) is 0 Å². The van der Waals surface area contributed by atoms with Crippen molar-refractivity contribution in [3.8, 4) is 0 Å². The Hall–Kier alpha value is -0.570. The lowest BCUT2D eigenvalue weighted by molar-refractivity contribution is -0.150. The molecule has 2 aliphatic rings. The molecule has 110 valence electrons. The molecule has 0 spiro atoms. The minimum Gasteiger partial charge on any atom is -0.378 e. The lowest BCUT2D eigenvalue weighted by Gasteiger charge is -2.44. The molecule has 19 heavy (non-hydrogen) atoms. The summed E-state index contributed by atoms with van der Waals surface area (Å²) in [4.78, 5) is 15.1. The molecule has 1 amide bonds. The Morgan fingerprint density at radius 1 is 1.11 bits per heavy atom. The van der Waals surface area contributed by atoms with Gasteiger partial charge in [0.15, 0.2) is 0 Å². The van der Waals surface area contributed by atoms with Gasteiger partial charge in [0.05, 0.1) is 13.2 Å². The fraction of sp³-hybridized carbons (Fsp3) is 0.938. The first-order valence-corrected chi connectivity index (χ1v) is 7.80. The lowest BCUT2D eigenvalue weighted by Crippen LogP contribution is -2.50. The summed E-state index contributed by atoms with van der Waals surface area (Å²) in [6.45, 7) is 9.76. The Labute approximate surface area is 117 Å². The molecule has 3 nitrogen and oxygen atoms in total. The van der Waals surface area contributed by atoms with Crippen molar-refractivity contribution in [1.29, 1.82) is 0 Å². The molecule has 3 heteroatoms. The summed E-state index contributed by atoms with van der Waals surface area (Å²) in [6.07, 6.45) is 6.91. The third kappa shape index (κ3) is 3.71. The van der Waals surface area contributed by atoms with Crippen molar-refractivity contribution in [3.05, 3.63) is 0 Å². The van der Waals surface area contributed by atoms with Gasteiger partial charge in [-0.25, -0.2) is 0 Å². The van der Waals surface area contributed by atoms with Gasteiger partial charge in [-0.3, -0.25) is 4.79 Å². The van der Waals surface area contributed by atoms with E-state index >= 15 is 0 Å². The van der Waals surface area contributed by atoms with E-state index in [4.69, 9.17) is 4.74 Å². The second-order valence-corrected chi connectivity index (χ2v) is 7.48. The Morgan fingerprint density at radius 2 is 1.68 bits per heavy atom. The van der Waals surface area contributed by atoms with E-state index in [0.717, 1.165) is 32.4 Å². The molecule has 2 rings (SSSR count). The first-order chi connectivity index (χ1) is 8.93. The van der Waals surface area contributed by atoms with Crippen molar-refractivity contribution in [2.75, 3.05) is 26.3 Å². The van der Waals surface area contributed by atoms with Gasteiger partial charge in [0.25, 0.3) is 0 Å². The van der Waals surface area contributed by atoms with Gasteiger partial charge in [0, 0.05) is 18.5 Å². The summed E-state index contributed by atoms with van der Waals surface area (Å²) in [6, 6.07) is 0. The molecular formula is C16H29NO2. The molecule has 1 saturated heterocycles. The smallest absolute Gasteiger partial charge is 0.228 e. The fourth-order valence-electron chi connectivity index (χ4n) is 3.81. The van der Waals surface area contributed by atoms with Crippen molar-refractivity contribution >= 4 is 5.91 Å². The minimum absolute atomic E-state index is 0.0894. The average Bonchev–Trinajstić information content (AvgIpc) is 2.38. The second-order valence-electron chi connectivity index (χ2n) is 7.48. The molecule has 1 aliphatic heterocycles. The van der Waals surface area contributed by atoms with Crippen molar-refractivity contribution in [2.24, 2.45) is 10.8 Å². The molecule has 0 radical (unpaired) electrons. The van der Waals surface area contributed by atoms with Crippen LogP contribution < -0.4 is 0 Å². The molecule has 1 heterocycles. The van der Waals surface area contributed by atoms with Crippen molar-refractivity contribution in [3.63, 3.8) is 0 Å². The number of nitrogens with zero attached hydrogens (tertiary/aromatic N) is 1. The lowest BCUT2D eigenvalue weighted by atomic mass is 9.65. The highest BCUT2D eigenvalue weighted by Crippen LogP contribution is 2.46. The SMILES string of the molecule is CC(C)(C)CC1(C(=O)N2CCOCC2)CCCCC1. The molecule has 0 aromatic rings. The van der Waals surface area contributed by atoms with Gasteiger partial charge in [0.1, 0.15) is 0 Å². The van der Waals surface area contributed by atoms with Crippen molar-refractivity contribution in [1.82, 2.24) is 4.90 Å².